The Morgan fingerprint density at radius 3 is 2.33 bits per heavy atom. The second-order valence-corrected chi connectivity index (χ2v) is 13.6. The lowest BCUT2D eigenvalue weighted by molar-refractivity contribution is -0.167. The van der Waals surface area contributed by atoms with Crippen LogP contribution in [0.3, 0.4) is 0 Å². The van der Waals surface area contributed by atoms with Crippen molar-refractivity contribution in [2.24, 2.45) is 0 Å². The van der Waals surface area contributed by atoms with Crippen molar-refractivity contribution in [1.29, 1.82) is 5.26 Å². The third-order valence-corrected chi connectivity index (χ3v) is 10.4. The van der Waals surface area contributed by atoms with Crippen molar-refractivity contribution >= 4 is 45.8 Å². The first-order valence-electron chi connectivity index (χ1n) is 14.7. The average molecular weight is 660 g/mol. The number of amides is 2. The molecular formula is C34H33N3O7S2. The summed E-state index contributed by atoms with van der Waals surface area (Å²) in [6, 6.07) is 24.1. The minimum absolute atomic E-state index is 0.0486. The summed E-state index contributed by atoms with van der Waals surface area (Å²) in [5.41, 5.74) is 1.41. The number of para-hydroxylation sites is 1. The summed E-state index contributed by atoms with van der Waals surface area (Å²) in [7, 11) is 1.45. The number of nitrogens with zero attached hydrogens (tertiary/aromatic N) is 3. The minimum Gasteiger partial charge on any atom is -0.454 e. The van der Waals surface area contributed by atoms with Crippen molar-refractivity contribution in [1.82, 2.24) is 9.80 Å². The number of rotatable bonds is 10. The second kappa shape index (κ2) is 13.9. The van der Waals surface area contributed by atoms with Crippen LogP contribution in [-0.2, 0) is 20.8 Å². The Morgan fingerprint density at radius 2 is 1.65 bits per heavy atom. The lowest BCUT2D eigenvalue weighted by atomic mass is 9.93. The SMILES string of the molecule is CCC(c1ccc2c(c1)OCO2)N1C(=O)[C@](C)(SC(=O)Cc2ccccc2)N(C)C(=O)C1(CCC#N)SC(=O)Oc1ccccc1. The zero-order chi connectivity index (χ0) is 32.9. The molecule has 2 aliphatic rings. The van der Waals surface area contributed by atoms with Crippen LogP contribution in [0, 0.1) is 11.3 Å². The highest BCUT2D eigenvalue weighted by Crippen LogP contribution is 2.51. The van der Waals surface area contributed by atoms with Gasteiger partial charge in [-0.2, -0.15) is 5.26 Å². The molecule has 3 aromatic rings. The number of carbonyl (C=O) groups is 4. The molecule has 46 heavy (non-hydrogen) atoms. The molecule has 2 unspecified atom stereocenters. The summed E-state index contributed by atoms with van der Waals surface area (Å²) < 4.78 is 16.7. The molecule has 12 heteroatoms. The van der Waals surface area contributed by atoms with Crippen LogP contribution in [0.4, 0.5) is 4.79 Å². The van der Waals surface area contributed by atoms with Crippen LogP contribution < -0.4 is 14.2 Å². The van der Waals surface area contributed by atoms with E-state index in [2.05, 4.69) is 6.07 Å². The highest BCUT2D eigenvalue weighted by atomic mass is 32.2. The quantitative estimate of drug-likeness (QED) is 0.228. The fourth-order valence-corrected chi connectivity index (χ4v) is 7.88. The second-order valence-electron chi connectivity index (χ2n) is 10.9. The molecule has 2 heterocycles. The van der Waals surface area contributed by atoms with E-state index in [9.17, 15) is 24.4 Å². The van der Waals surface area contributed by atoms with Crippen LogP contribution in [0.25, 0.3) is 0 Å². The number of nitriles is 1. The van der Waals surface area contributed by atoms with Gasteiger partial charge in [0.2, 0.25) is 6.79 Å². The molecule has 10 nitrogen and oxygen atoms in total. The number of fused-ring (bicyclic) bond motifs is 1. The molecule has 0 aliphatic carbocycles. The van der Waals surface area contributed by atoms with E-state index < -0.39 is 32.9 Å². The number of ether oxygens (including phenoxy) is 3. The molecule has 0 saturated carbocycles. The van der Waals surface area contributed by atoms with Crippen LogP contribution in [0.5, 0.6) is 17.2 Å². The lowest BCUT2D eigenvalue weighted by Crippen LogP contribution is -2.73. The van der Waals surface area contributed by atoms with E-state index in [1.54, 1.807) is 55.5 Å². The maximum absolute atomic E-state index is 15.0. The van der Waals surface area contributed by atoms with E-state index in [1.807, 2.05) is 37.3 Å². The van der Waals surface area contributed by atoms with Gasteiger partial charge < -0.3 is 24.0 Å². The summed E-state index contributed by atoms with van der Waals surface area (Å²) in [4.78, 5) is 55.8. The van der Waals surface area contributed by atoms with Crippen molar-refractivity contribution in [3.8, 4) is 23.3 Å². The molecule has 0 N–H and O–H groups in total. The van der Waals surface area contributed by atoms with Crippen LogP contribution in [-0.4, -0.2) is 55.6 Å². The number of likely N-dealkylation sites (N-methyl/N-ethyl adjacent to an activating group) is 1. The standard InChI is InChI=1S/C34H33N3O7S2/c1-4-26(24-16-17-27-28(21-24)43-22-42-27)37-30(39)33(2,45-29(38)20-23-12-7-5-8-13-23)36(3)31(40)34(37,18-11-19-35)46-32(41)44-25-14-9-6-10-15-25/h5-10,12-17,21,26H,4,11,18,20,22H2,1-3H3/t26?,33-,34?/m0/s1. The van der Waals surface area contributed by atoms with Gasteiger partial charge in [-0.05, 0) is 72.3 Å². The summed E-state index contributed by atoms with van der Waals surface area (Å²) in [5, 5.41) is 8.56. The normalized spacial score (nSPS) is 21.1. The molecule has 0 radical (unpaired) electrons. The van der Waals surface area contributed by atoms with Crippen LogP contribution in [0.2, 0.25) is 0 Å². The third-order valence-electron chi connectivity index (χ3n) is 8.04. The average Bonchev–Trinajstić information content (AvgIpc) is 3.53. The van der Waals surface area contributed by atoms with Crippen molar-refractivity contribution in [3.05, 3.63) is 90.0 Å². The van der Waals surface area contributed by atoms with Gasteiger partial charge in [-0.1, -0.05) is 61.5 Å². The van der Waals surface area contributed by atoms with Gasteiger partial charge in [0.1, 0.15) is 5.75 Å². The molecule has 5 rings (SSSR count). The largest absolute Gasteiger partial charge is 0.454 e. The zero-order valence-corrected chi connectivity index (χ0v) is 27.3. The topological polar surface area (TPSA) is 126 Å². The first kappa shape index (κ1) is 32.9. The van der Waals surface area contributed by atoms with E-state index in [-0.39, 0.29) is 36.9 Å². The van der Waals surface area contributed by atoms with Crippen molar-refractivity contribution in [2.45, 2.75) is 55.3 Å². The molecule has 3 aromatic carbocycles. The summed E-state index contributed by atoms with van der Waals surface area (Å²) in [6.07, 6.45) is 0.0905. The van der Waals surface area contributed by atoms with Crippen molar-refractivity contribution < 1.29 is 33.4 Å². The van der Waals surface area contributed by atoms with Crippen LogP contribution >= 0.6 is 23.5 Å². The van der Waals surface area contributed by atoms with E-state index >= 15 is 0 Å². The van der Waals surface area contributed by atoms with Gasteiger partial charge >= 0.3 is 5.30 Å². The fourth-order valence-electron chi connectivity index (χ4n) is 5.64. The Hall–Kier alpha value is -4.47. The Bertz CT molecular complexity index is 1670. The Kier molecular flexibility index (Phi) is 9.94. The molecule has 2 amide bonds. The molecule has 238 valence electrons. The van der Waals surface area contributed by atoms with Gasteiger partial charge in [0, 0.05) is 26.3 Å². The van der Waals surface area contributed by atoms with E-state index in [0.29, 0.717) is 35.2 Å². The van der Waals surface area contributed by atoms with Crippen molar-refractivity contribution in [2.75, 3.05) is 13.8 Å². The molecular weight excluding hydrogens is 627 g/mol. The molecule has 2 aliphatic heterocycles. The number of thioether (sulfide) groups is 2. The maximum atomic E-state index is 15.0. The van der Waals surface area contributed by atoms with E-state index in [1.165, 1.54) is 16.8 Å². The van der Waals surface area contributed by atoms with E-state index in [0.717, 1.165) is 17.3 Å². The Labute approximate surface area is 276 Å². The summed E-state index contributed by atoms with van der Waals surface area (Å²) in [5.74, 6) is 0.142. The van der Waals surface area contributed by atoms with Gasteiger partial charge in [0.25, 0.3) is 11.8 Å². The first-order chi connectivity index (χ1) is 22.1. The minimum atomic E-state index is -1.87. The predicted octanol–water partition coefficient (Wildman–Crippen LogP) is 6.32. The first-order valence-corrected chi connectivity index (χ1v) is 16.4. The smallest absolute Gasteiger partial charge is 0.375 e. The zero-order valence-electron chi connectivity index (χ0n) is 25.6. The Balaban J connectivity index is 1.60. The number of hydrogen-bond acceptors (Lipinski definition) is 10. The van der Waals surface area contributed by atoms with Gasteiger partial charge in [-0.25, -0.2) is 4.79 Å². The predicted molar refractivity (Wildman–Crippen MR) is 174 cm³/mol. The van der Waals surface area contributed by atoms with Gasteiger partial charge in [-0.3, -0.25) is 14.4 Å². The third kappa shape index (κ3) is 6.43. The summed E-state index contributed by atoms with van der Waals surface area (Å²) in [6.45, 7) is 3.45. The van der Waals surface area contributed by atoms with Gasteiger partial charge in [0.15, 0.2) is 26.4 Å². The monoisotopic (exact) mass is 659 g/mol. The summed E-state index contributed by atoms with van der Waals surface area (Å²) >= 11 is 1.33. The maximum Gasteiger partial charge on any atom is 0.375 e. The molecule has 1 saturated heterocycles. The number of piperazine rings is 1. The molecule has 0 aromatic heterocycles. The van der Waals surface area contributed by atoms with Crippen LogP contribution in [0.1, 0.15) is 50.3 Å². The molecule has 1 fully saturated rings. The van der Waals surface area contributed by atoms with Crippen LogP contribution in [0.15, 0.2) is 78.9 Å². The van der Waals surface area contributed by atoms with E-state index in [4.69, 9.17) is 14.2 Å². The number of carbonyl (C=O) groups excluding carboxylic acids is 4. The molecule has 0 bridgehead atoms. The number of benzene rings is 3. The Morgan fingerprint density at radius 1 is 0.978 bits per heavy atom. The molecule has 0 spiro atoms. The van der Waals surface area contributed by atoms with Gasteiger partial charge in [0.05, 0.1) is 12.1 Å². The lowest BCUT2D eigenvalue weighted by Gasteiger charge is -2.56. The molecule has 3 atom stereocenters. The highest BCUT2D eigenvalue weighted by Gasteiger charge is 2.64. The number of hydrogen-bond donors (Lipinski definition) is 0. The van der Waals surface area contributed by atoms with Crippen molar-refractivity contribution in [3.63, 3.8) is 0 Å². The fraction of sp³-hybridized carbons (Fsp3) is 0.324. The van der Waals surface area contributed by atoms with Gasteiger partial charge in [-0.15, -0.1) is 0 Å². The highest BCUT2D eigenvalue weighted by molar-refractivity contribution is 8.15.